The third kappa shape index (κ3) is 6.43. The predicted molar refractivity (Wildman–Crippen MR) is 79.8 cm³/mol. The van der Waals surface area contributed by atoms with E-state index >= 15 is 0 Å². The second-order valence-corrected chi connectivity index (χ2v) is 4.78. The van der Waals surface area contributed by atoms with Crippen LogP contribution in [0.2, 0.25) is 0 Å². The molecule has 0 saturated heterocycles. The molecule has 19 heavy (non-hydrogen) atoms. The van der Waals surface area contributed by atoms with Crippen LogP contribution in [0.3, 0.4) is 0 Å². The number of ether oxygens (including phenoxy) is 1. The average molecular weight is 266 g/mol. The quantitative estimate of drug-likeness (QED) is 0.662. The first kappa shape index (κ1) is 15.8. The Morgan fingerprint density at radius 1 is 1.21 bits per heavy atom. The molecular formula is C15H26N2O2. The van der Waals surface area contributed by atoms with Crippen molar-refractivity contribution in [2.75, 3.05) is 25.6 Å². The maximum atomic E-state index is 11.6. The van der Waals surface area contributed by atoms with Crippen molar-refractivity contribution in [2.45, 2.75) is 45.6 Å². The van der Waals surface area contributed by atoms with E-state index in [9.17, 15) is 4.79 Å². The van der Waals surface area contributed by atoms with Crippen LogP contribution in [0.4, 0.5) is 5.69 Å². The third-order valence-electron chi connectivity index (χ3n) is 3.13. The Balaban J connectivity index is 2.35. The summed E-state index contributed by atoms with van der Waals surface area (Å²) in [6, 6.07) is 3.45. The van der Waals surface area contributed by atoms with Crippen molar-refractivity contribution in [3.63, 3.8) is 0 Å². The Bertz CT molecular complexity index is 401. The van der Waals surface area contributed by atoms with Gasteiger partial charge in [-0.3, -0.25) is 4.79 Å². The topological polar surface area (TPSA) is 43.3 Å². The summed E-state index contributed by atoms with van der Waals surface area (Å²) in [5.74, 6) is 0. The number of methoxy groups -OCH3 is 1. The number of rotatable bonds is 10. The minimum Gasteiger partial charge on any atom is -0.384 e. The van der Waals surface area contributed by atoms with Crippen molar-refractivity contribution >= 4 is 5.69 Å². The van der Waals surface area contributed by atoms with E-state index in [0.29, 0.717) is 13.2 Å². The van der Waals surface area contributed by atoms with E-state index in [1.807, 2.05) is 12.3 Å². The number of nitrogens with zero attached hydrogens (tertiary/aromatic N) is 1. The molecule has 0 amide bonds. The second-order valence-electron chi connectivity index (χ2n) is 4.78. The molecule has 0 fully saturated rings. The average Bonchev–Trinajstić information content (AvgIpc) is 2.43. The number of aromatic nitrogens is 1. The van der Waals surface area contributed by atoms with Crippen molar-refractivity contribution < 1.29 is 4.74 Å². The molecule has 0 aliphatic carbocycles. The Morgan fingerprint density at radius 2 is 2.00 bits per heavy atom. The van der Waals surface area contributed by atoms with Crippen molar-refractivity contribution in [2.24, 2.45) is 0 Å². The summed E-state index contributed by atoms with van der Waals surface area (Å²) < 4.78 is 6.68. The Morgan fingerprint density at radius 3 is 2.74 bits per heavy atom. The minimum atomic E-state index is 0.0190. The fourth-order valence-corrected chi connectivity index (χ4v) is 1.96. The van der Waals surface area contributed by atoms with Gasteiger partial charge in [-0.15, -0.1) is 0 Å². The standard InChI is InChI=1S/C15H26N2O2/c1-3-4-5-6-7-10-16-14-8-9-15(18)17(13-14)11-12-19-2/h8-9,13,16H,3-7,10-12H2,1-2H3. The summed E-state index contributed by atoms with van der Waals surface area (Å²) in [7, 11) is 1.64. The summed E-state index contributed by atoms with van der Waals surface area (Å²) in [6.07, 6.45) is 8.22. The molecule has 1 heterocycles. The molecule has 0 aliphatic rings. The molecule has 1 rings (SSSR count). The molecule has 108 valence electrons. The van der Waals surface area contributed by atoms with Crippen LogP contribution in [0.25, 0.3) is 0 Å². The highest BCUT2D eigenvalue weighted by Crippen LogP contribution is 2.06. The van der Waals surface area contributed by atoms with E-state index in [1.54, 1.807) is 17.7 Å². The smallest absolute Gasteiger partial charge is 0.250 e. The molecule has 4 heteroatoms. The van der Waals surface area contributed by atoms with Gasteiger partial charge in [0.1, 0.15) is 0 Å². The third-order valence-corrected chi connectivity index (χ3v) is 3.13. The largest absolute Gasteiger partial charge is 0.384 e. The van der Waals surface area contributed by atoms with E-state index in [2.05, 4.69) is 12.2 Å². The molecule has 0 saturated carbocycles. The Labute approximate surface area is 115 Å². The highest BCUT2D eigenvalue weighted by Gasteiger charge is 1.98. The Kier molecular flexibility index (Phi) is 7.98. The van der Waals surface area contributed by atoms with Crippen LogP contribution in [0.15, 0.2) is 23.1 Å². The van der Waals surface area contributed by atoms with Gasteiger partial charge in [0.2, 0.25) is 0 Å². The highest BCUT2D eigenvalue weighted by molar-refractivity contribution is 5.40. The highest BCUT2D eigenvalue weighted by atomic mass is 16.5. The zero-order valence-corrected chi connectivity index (χ0v) is 12.2. The van der Waals surface area contributed by atoms with Crippen molar-refractivity contribution in [3.05, 3.63) is 28.7 Å². The van der Waals surface area contributed by atoms with Crippen molar-refractivity contribution in [1.29, 1.82) is 0 Å². The van der Waals surface area contributed by atoms with Gasteiger partial charge in [0.15, 0.2) is 0 Å². The molecule has 0 atom stereocenters. The first-order valence-corrected chi connectivity index (χ1v) is 7.21. The molecule has 0 aliphatic heterocycles. The fraction of sp³-hybridized carbons (Fsp3) is 0.667. The van der Waals surface area contributed by atoms with Gasteiger partial charge in [-0.05, 0) is 12.5 Å². The maximum Gasteiger partial charge on any atom is 0.250 e. The molecule has 0 unspecified atom stereocenters. The van der Waals surface area contributed by atoms with Crippen LogP contribution >= 0.6 is 0 Å². The van der Waals surface area contributed by atoms with Gasteiger partial charge < -0.3 is 14.6 Å². The normalized spacial score (nSPS) is 10.6. The second kappa shape index (κ2) is 9.62. The lowest BCUT2D eigenvalue weighted by atomic mass is 10.1. The van der Waals surface area contributed by atoms with Crippen LogP contribution < -0.4 is 10.9 Å². The first-order valence-electron chi connectivity index (χ1n) is 7.21. The maximum absolute atomic E-state index is 11.6. The van der Waals surface area contributed by atoms with Crippen LogP contribution in [-0.2, 0) is 11.3 Å². The van der Waals surface area contributed by atoms with Crippen LogP contribution in [0.5, 0.6) is 0 Å². The van der Waals surface area contributed by atoms with E-state index in [4.69, 9.17) is 4.74 Å². The molecule has 1 aromatic heterocycles. The summed E-state index contributed by atoms with van der Waals surface area (Å²) >= 11 is 0. The van der Waals surface area contributed by atoms with Gasteiger partial charge in [0, 0.05) is 32.5 Å². The SMILES string of the molecule is CCCCCCCNc1ccc(=O)n(CCOC)c1. The van der Waals surface area contributed by atoms with E-state index < -0.39 is 0 Å². The van der Waals surface area contributed by atoms with Gasteiger partial charge in [-0.2, -0.15) is 0 Å². The minimum absolute atomic E-state index is 0.0190. The molecule has 1 N–H and O–H groups in total. The Hall–Kier alpha value is -1.29. The van der Waals surface area contributed by atoms with Crippen molar-refractivity contribution in [1.82, 2.24) is 4.57 Å². The summed E-state index contributed by atoms with van der Waals surface area (Å²) in [6.45, 7) is 4.34. The predicted octanol–water partition coefficient (Wildman–Crippen LogP) is 2.88. The molecule has 0 aromatic carbocycles. The lowest BCUT2D eigenvalue weighted by molar-refractivity contribution is 0.186. The molecule has 4 nitrogen and oxygen atoms in total. The van der Waals surface area contributed by atoms with Crippen LogP contribution in [-0.4, -0.2) is 24.8 Å². The van der Waals surface area contributed by atoms with Crippen LogP contribution in [0.1, 0.15) is 39.0 Å². The zero-order chi connectivity index (χ0) is 13.9. The number of pyridine rings is 1. The van der Waals surface area contributed by atoms with Gasteiger partial charge in [-0.1, -0.05) is 32.6 Å². The van der Waals surface area contributed by atoms with Gasteiger partial charge in [-0.25, -0.2) is 0 Å². The zero-order valence-electron chi connectivity index (χ0n) is 12.2. The number of nitrogens with one attached hydrogen (secondary N) is 1. The lowest BCUT2D eigenvalue weighted by Gasteiger charge is -2.10. The molecule has 0 radical (unpaired) electrons. The van der Waals surface area contributed by atoms with Crippen LogP contribution in [0, 0.1) is 0 Å². The van der Waals surface area contributed by atoms with E-state index in [1.165, 1.54) is 32.1 Å². The van der Waals surface area contributed by atoms with Gasteiger partial charge >= 0.3 is 0 Å². The molecular weight excluding hydrogens is 240 g/mol. The number of anilines is 1. The number of hydrogen-bond acceptors (Lipinski definition) is 3. The van der Waals surface area contributed by atoms with E-state index in [-0.39, 0.29) is 5.56 Å². The number of unbranched alkanes of at least 4 members (excludes halogenated alkanes) is 4. The monoisotopic (exact) mass is 266 g/mol. The molecule has 0 spiro atoms. The number of hydrogen-bond donors (Lipinski definition) is 1. The summed E-state index contributed by atoms with van der Waals surface area (Å²) in [5, 5.41) is 3.37. The van der Waals surface area contributed by atoms with Crippen molar-refractivity contribution in [3.8, 4) is 0 Å². The van der Waals surface area contributed by atoms with Gasteiger partial charge in [0.25, 0.3) is 5.56 Å². The van der Waals surface area contributed by atoms with E-state index in [0.717, 1.165) is 12.2 Å². The molecule has 1 aromatic rings. The molecule has 0 bridgehead atoms. The fourth-order valence-electron chi connectivity index (χ4n) is 1.96. The lowest BCUT2D eigenvalue weighted by Crippen LogP contribution is -2.21. The summed E-state index contributed by atoms with van der Waals surface area (Å²) in [5.41, 5.74) is 1.02. The van der Waals surface area contributed by atoms with Gasteiger partial charge in [0.05, 0.1) is 12.3 Å². The summed E-state index contributed by atoms with van der Waals surface area (Å²) in [4.78, 5) is 11.6. The first-order chi connectivity index (χ1) is 9.27.